The quantitative estimate of drug-likeness (QED) is 0.255. The Balaban J connectivity index is 1.73. The minimum atomic E-state index is -1.17. The Labute approximate surface area is 176 Å². The molecule has 2 aromatic carbocycles. The lowest BCUT2D eigenvalue weighted by Gasteiger charge is -2.17. The molecule has 0 aliphatic carbocycles. The summed E-state index contributed by atoms with van der Waals surface area (Å²) in [6.45, 7) is 0. The van der Waals surface area contributed by atoms with Gasteiger partial charge in [-0.2, -0.15) is 0 Å². The molecule has 4 aromatic rings. The molecule has 0 bridgehead atoms. The van der Waals surface area contributed by atoms with Crippen LogP contribution in [0.1, 0.15) is 32.5 Å². The molecule has 0 spiro atoms. The first-order valence-corrected chi connectivity index (χ1v) is 9.48. The fraction of sp³-hybridized carbons (Fsp3) is 0.0455. The molecule has 0 aliphatic rings. The summed E-state index contributed by atoms with van der Waals surface area (Å²) in [5.74, 6) is -1.19. The summed E-state index contributed by atoms with van der Waals surface area (Å²) in [7, 11) is 0. The molecule has 0 unspecified atom stereocenters. The largest absolute Gasteiger partial charge is 0.444 e. The number of Topliss-reactive ketones (excluding diaryl/α,β-unsaturated/α-hetero) is 1. The van der Waals surface area contributed by atoms with E-state index < -0.39 is 12.1 Å². The Morgan fingerprint density at radius 1 is 0.931 bits per heavy atom. The Bertz CT molecular complexity index is 1210. The minimum Gasteiger partial charge on any atom is -0.444 e. The molecule has 7 heteroatoms. The Hall–Kier alpha value is -3.15. The summed E-state index contributed by atoms with van der Waals surface area (Å²) < 4.78 is 5.59. The number of benzene rings is 2. The second kappa shape index (κ2) is 8.07. The SMILES string of the molecule is O=C(O[C@@H](C(=O)c1c[nH]c2ccccc12)c1ccccc1)c1nc(Cl)ccc1Cl. The lowest BCUT2D eigenvalue weighted by Crippen LogP contribution is -2.21. The zero-order valence-corrected chi connectivity index (χ0v) is 16.4. The molecule has 5 nitrogen and oxygen atoms in total. The van der Waals surface area contributed by atoms with Crippen LogP contribution in [-0.2, 0) is 4.74 Å². The van der Waals surface area contributed by atoms with Crippen LogP contribution in [-0.4, -0.2) is 21.7 Å². The van der Waals surface area contributed by atoms with Crippen LogP contribution in [0.4, 0.5) is 0 Å². The van der Waals surface area contributed by atoms with Crippen molar-refractivity contribution < 1.29 is 14.3 Å². The van der Waals surface area contributed by atoms with Crippen LogP contribution >= 0.6 is 23.2 Å². The van der Waals surface area contributed by atoms with Crippen molar-refractivity contribution in [2.24, 2.45) is 0 Å². The zero-order chi connectivity index (χ0) is 20.4. The highest BCUT2D eigenvalue weighted by atomic mass is 35.5. The molecule has 0 fully saturated rings. The van der Waals surface area contributed by atoms with Crippen molar-refractivity contribution in [2.45, 2.75) is 6.10 Å². The summed E-state index contributed by atoms with van der Waals surface area (Å²) in [4.78, 5) is 33.1. The van der Waals surface area contributed by atoms with E-state index >= 15 is 0 Å². The first kappa shape index (κ1) is 19.2. The van der Waals surface area contributed by atoms with Crippen LogP contribution in [0.5, 0.6) is 0 Å². The number of rotatable bonds is 5. The highest BCUT2D eigenvalue weighted by molar-refractivity contribution is 6.34. The maximum Gasteiger partial charge on any atom is 0.359 e. The summed E-state index contributed by atoms with van der Waals surface area (Å²) >= 11 is 11.9. The van der Waals surface area contributed by atoms with Crippen molar-refractivity contribution in [3.63, 3.8) is 0 Å². The number of H-pyrrole nitrogens is 1. The van der Waals surface area contributed by atoms with Gasteiger partial charge in [0.15, 0.2) is 11.8 Å². The topological polar surface area (TPSA) is 72.1 Å². The maximum atomic E-state index is 13.4. The van der Waals surface area contributed by atoms with Gasteiger partial charge in [-0.1, -0.05) is 71.7 Å². The number of para-hydroxylation sites is 1. The predicted molar refractivity (Wildman–Crippen MR) is 111 cm³/mol. The van der Waals surface area contributed by atoms with E-state index in [2.05, 4.69) is 9.97 Å². The molecule has 0 aliphatic heterocycles. The van der Waals surface area contributed by atoms with Gasteiger partial charge in [-0.05, 0) is 18.2 Å². The third kappa shape index (κ3) is 3.88. The number of aromatic nitrogens is 2. The van der Waals surface area contributed by atoms with Crippen LogP contribution in [0.15, 0.2) is 72.9 Å². The fourth-order valence-electron chi connectivity index (χ4n) is 3.04. The van der Waals surface area contributed by atoms with E-state index in [0.717, 1.165) is 10.9 Å². The van der Waals surface area contributed by atoms with Gasteiger partial charge in [-0.25, -0.2) is 9.78 Å². The van der Waals surface area contributed by atoms with Gasteiger partial charge in [0.25, 0.3) is 0 Å². The Morgan fingerprint density at radius 2 is 1.66 bits per heavy atom. The van der Waals surface area contributed by atoms with E-state index in [1.54, 1.807) is 30.5 Å². The zero-order valence-electron chi connectivity index (χ0n) is 14.9. The fourth-order valence-corrected chi connectivity index (χ4v) is 3.37. The number of hydrogen-bond acceptors (Lipinski definition) is 4. The molecule has 0 amide bonds. The Kier molecular flexibility index (Phi) is 5.34. The number of ketones is 1. The highest BCUT2D eigenvalue weighted by Crippen LogP contribution is 2.29. The molecule has 2 heterocycles. The van der Waals surface area contributed by atoms with Crippen molar-refractivity contribution >= 4 is 45.9 Å². The van der Waals surface area contributed by atoms with Crippen molar-refractivity contribution in [1.82, 2.24) is 9.97 Å². The second-order valence-corrected chi connectivity index (χ2v) is 7.07. The average molecular weight is 425 g/mol. The predicted octanol–water partition coefficient (Wildman–Crippen LogP) is 5.65. The number of ether oxygens (including phenoxy) is 1. The molecule has 0 saturated heterocycles. The number of fused-ring (bicyclic) bond motifs is 1. The summed E-state index contributed by atoms with van der Waals surface area (Å²) in [6.07, 6.45) is 0.446. The summed E-state index contributed by atoms with van der Waals surface area (Å²) in [5.41, 5.74) is 1.63. The smallest absolute Gasteiger partial charge is 0.359 e. The standard InChI is InChI=1S/C22H14Cl2N2O3/c23-16-10-11-18(24)26-19(16)22(28)29-21(13-6-2-1-3-7-13)20(27)15-12-25-17-9-5-4-8-14(15)17/h1-12,21,25H/t21-/m1/s1. The third-order valence-electron chi connectivity index (χ3n) is 4.43. The summed E-state index contributed by atoms with van der Waals surface area (Å²) in [6, 6.07) is 19.1. The molecule has 4 rings (SSSR count). The normalized spacial score (nSPS) is 11.9. The number of carbonyl (C=O) groups excluding carboxylic acids is 2. The van der Waals surface area contributed by atoms with Gasteiger partial charge in [0.1, 0.15) is 5.15 Å². The van der Waals surface area contributed by atoms with Crippen molar-refractivity contribution in [1.29, 1.82) is 0 Å². The molecule has 1 N–H and O–H groups in total. The first-order chi connectivity index (χ1) is 14.0. The third-order valence-corrected chi connectivity index (χ3v) is 4.94. The molecular weight excluding hydrogens is 411 g/mol. The maximum absolute atomic E-state index is 13.4. The molecular formula is C22H14Cl2N2O3. The lowest BCUT2D eigenvalue weighted by atomic mass is 9.99. The van der Waals surface area contributed by atoms with Gasteiger partial charge in [0, 0.05) is 28.2 Å². The van der Waals surface area contributed by atoms with E-state index in [9.17, 15) is 9.59 Å². The lowest BCUT2D eigenvalue weighted by molar-refractivity contribution is 0.0275. The van der Waals surface area contributed by atoms with Crippen LogP contribution in [0.3, 0.4) is 0 Å². The van der Waals surface area contributed by atoms with Gasteiger partial charge in [0.05, 0.1) is 5.02 Å². The number of carbonyl (C=O) groups is 2. The van der Waals surface area contributed by atoms with E-state index in [1.807, 2.05) is 30.3 Å². The number of halogens is 2. The van der Waals surface area contributed by atoms with Gasteiger partial charge in [-0.3, -0.25) is 4.79 Å². The van der Waals surface area contributed by atoms with Crippen LogP contribution in [0, 0.1) is 0 Å². The number of nitrogens with zero attached hydrogens (tertiary/aromatic N) is 1. The molecule has 0 saturated carbocycles. The molecule has 144 valence electrons. The number of aromatic amines is 1. The average Bonchev–Trinajstić information content (AvgIpc) is 3.18. The van der Waals surface area contributed by atoms with Gasteiger partial charge in [-0.15, -0.1) is 0 Å². The van der Waals surface area contributed by atoms with Gasteiger partial charge >= 0.3 is 5.97 Å². The van der Waals surface area contributed by atoms with Crippen molar-refractivity contribution in [3.8, 4) is 0 Å². The van der Waals surface area contributed by atoms with Crippen LogP contribution < -0.4 is 0 Å². The van der Waals surface area contributed by atoms with E-state index in [4.69, 9.17) is 27.9 Å². The molecule has 2 aromatic heterocycles. The number of hydrogen-bond donors (Lipinski definition) is 1. The van der Waals surface area contributed by atoms with Gasteiger partial charge in [0.2, 0.25) is 5.78 Å². The van der Waals surface area contributed by atoms with E-state index in [1.165, 1.54) is 12.1 Å². The van der Waals surface area contributed by atoms with Gasteiger partial charge < -0.3 is 9.72 Å². The minimum absolute atomic E-state index is 0.0887. The first-order valence-electron chi connectivity index (χ1n) is 8.73. The number of nitrogens with one attached hydrogen (secondary N) is 1. The highest BCUT2D eigenvalue weighted by Gasteiger charge is 2.29. The number of esters is 1. The van der Waals surface area contributed by atoms with Crippen molar-refractivity contribution in [2.75, 3.05) is 0 Å². The van der Waals surface area contributed by atoms with Crippen molar-refractivity contribution in [3.05, 3.63) is 99.9 Å². The Morgan fingerprint density at radius 3 is 2.45 bits per heavy atom. The molecule has 29 heavy (non-hydrogen) atoms. The van der Waals surface area contributed by atoms with Crippen LogP contribution in [0.25, 0.3) is 10.9 Å². The molecule has 1 atom stereocenters. The second-order valence-electron chi connectivity index (χ2n) is 6.27. The molecule has 0 radical (unpaired) electrons. The van der Waals surface area contributed by atoms with Crippen LogP contribution in [0.2, 0.25) is 10.2 Å². The van der Waals surface area contributed by atoms with E-state index in [-0.39, 0.29) is 21.7 Å². The van der Waals surface area contributed by atoms with E-state index in [0.29, 0.717) is 11.1 Å². The number of pyridine rings is 1. The summed E-state index contributed by atoms with van der Waals surface area (Å²) in [5, 5.41) is 0.930. The monoisotopic (exact) mass is 424 g/mol.